The topological polar surface area (TPSA) is 55.4 Å². The molecule has 0 aromatic heterocycles. The van der Waals surface area contributed by atoms with Gasteiger partial charge in [0.2, 0.25) is 5.91 Å². The Hall–Kier alpha value is -2.14. The van der Waals surface area contributed by atoms with Crippen LogP contribution in [0.3, 0.4) is 0 Å². The predicted octanol–water partition coefficient (Wildman–Crippen LogP) is 3.81. The number of carbonyl (C=O) groups excluding carboxylic acids is 2. The predicted molar refractivity (Wildman–Crippen MR) is 88.9 cm³/mol. The van der Waals surface area contributed by atoms with Gasteiger partial charge >= 0.3 is 5.97 Å². The van der Waals surface area contributed by atoms with Gasteiger partial charge in [0.15, 0.2) is 0 Å². The van der Waals surface area contributed by atoms with Crippen molar-refractivity contribution in [1.29, 1.82) is 0 Å². The monoisotopic (exact) mass is 361 g/mol. The van der Waals surface area contributed by atoms with E-state index in [-0.39, 0.29) is 12.3 Å². The molecule has 0 bridgehead atoms. The first kappa shape index (κ1) is 16.2. The number of hydrogen-bond donors (Lipinski definition) is 1. The van der Waals surface area contributed by atoms with E-state index in [0.29, 0.717) is 17.9 Å². The van der Waals surface area contributed by atoms with Crippen molar-refractivity contribution in [2.24, 2.45) is 0 Å². The maximum absolute atomic E-state index is 12.0. The summed E-state index contributed by atoms with van der Waals surface area (Å²) in [6.45, 7) is 2.07. The molecule has 0 unspecified atom stereocenters. The van der Waals surface area contributed by atoms with Crippen LogP contribution in [0, 0.1) is 0 Å². The molecule has 0 aliphatic heterocycles. The standard InChI is InChI=1S/C17H16BrNO3/c1-2-22-17(21)13-4-3-5-15(11-13)19-16(20)10-12-6-8-14(18)9-7-12/h3-9,11H,2,10H2,1H3,(H,19,20). The lowest BCUT2D eigenvalue weighted by Gasteiger charge is -2.07. The van der Waals surface area contributed by atoms with E-state index in [1.165, 1.54) is 0 Å². The molecule has 2 aromatic rings. The Bertz CT molecular complexity index is 668. The summed E-state index contributed by atoms with van der Waals surface area (Å²) >= 11 is 3.36. The molecule has 0 aliphatic carbocycles. The van der Waals surface area contributed by atoms with E-state index in [9.17, 15) is 9.59 Å². The Morgan fingerprint density at radius 3 is 2.55 bits per heavy atom. The highest BCUT2D eigenvalue weighted by atomic mass is 79.9. The molecular weight excluding hydrogens is 346 g/mol. The van der Waals surface area contributed by atoms with Crippen LogP contribution in [-0.2, 0) is 16.0 Å². The highest BCUT2D eigenvalue weighted by Gasteiger charge is 2.09. The second-order valence-electron chi connectivity index (χ2n) is 4.65. The van der Waals surface area contributed by atoms with Crippen molar-refractivity contribution in [3.05, 3.63) is 64.1 Å². The SMILES string of the molecule is CCOC(=O)c1cccc(NC(=O)Cc2ccc(Br)cc2)c1. The van der Waals surface area contributed by atoms with Crippen molar-refractivity contribution in [3.63, 3.8) is 0 Å². The van der Waals surface area contributed by atoms with Crippen molar-refractivity contribution in [3.8, 4) is 0 Å². The van der Waals surface area contributed by atoms with E-state index in [2.05, 4.69) is 21.2 Å². The lowest BCUT2D eigenvalue weighted by molar-refractivity contribution is -0.115. The second-order valence-corrected chi connectivity index (χ2v) is 5.57. The maximum Gasteiger partial charge on any atom is 0.338 e. The minimum atomic E-state index is -0.397. The number of esters is 1. The normalized spacial score (nSPS) is 10.1. The summed E-state index contributed by atoms with van der Waals surface area (Å²) in [5, 5.41) is 2.78. The summed E-state index contributed by atoms with van der Waals surface area (Å²) in [7, 11) is 0. The first-order chi connectivity index (χ1) is 10.6. The van der Waals surface area contributed by atoms with Crippen LogP contribution < -0.4 is 5.32 Å². The Morgan fingerprint density at radius 2 is 1.86 bits per heavy atom. The van der Waals surface area contributed by atoms with Gasteiger partial charge < -0.3 is 10.1 Å². The molecule has 4 nitrogen and oxygen atoms in total. The summed E-state index contributed by atoms with van der Waals surface area (Å²) in [5.74, 6) is -0.533. The van der Waals surface area contributed by atoms with Gasteiger partial charge in [-0.25, -0.2) is 4.79 Å². The van der Waals surface area contributed by atoms with E-state index >= 15 is 0 Å². The van der Waals surface area contributed by atoms with Gasteiger partial charge in [-0.15, -0.1) is 0 Å². The minimum Gasteiger partial charge on any atom is -0.462 e. The van der Waals surface area contributed by atoms with Crippen LogP contribution in [0.25, 0.3) is 0 Å². The number of halogens is 1. The smallest absolute Gasteiger partial charge is 0.338 e. The molecule has 1 N–H and O–H groups in total. The Kier molecular flexibility index (Phi) is 5.72. The quantitative estimate of drug-likeness (QED) is 0.823. The molecule has 0 saturated heterocycles. The van der Waals surface area contributed by atoms with Crippen molar-refractivity contribution in [2.75, 3.05) is 11.9 Å². The molecule has 2 aromatic carbocycles. The van der Waals surface area contributed by atoms with Gasteiger partial charge in [0, 0.05) is 10.2 Å². The number of nitrogens with one attached hydrogen (secondary N) is 1. The van der Waals surface area contributed by atoms with Gasteiger partial charge in [0.05, 0.1) is 18.6 Å². The maximum atomic E-state index is 12.0. The highest BCUT2D eigenvalue weighted by molar-refractivity contribution is 9.10. The van der Waals surface area contributed by atoms with Gasteiger partial charge in [0.25, 0.3) is 0 Å². The van der Waals surface area contributed by atoms with Crippen molar-refractivity contribution in [2.45, 2.75) is 13.3 Å². The third kappa shape index (κ3) is 4.70. The Labute approximate surface area is 137 Å². The fraction of sp³-hybridized carbons (Fsp3) is 0.176. The molecule has 2 rings (SSSR count). The van der Waals surface area contributed by atoms with Crippen LogP contribution in [-0.4, -0.2) is 18.5 Å². The zero-order chi connectivity index (χ0) is 15.9. The minimum absolute atomic E-state index is 0.136. The molecule has 0 atom stereocenters. The third-order valence-corrected chi connectivity index (χ3v) is 3.46. The zero-order valence-corrected chi connectivity index (χ0v) is 13.7. The number of rotatable bonds is 5. The molecule has 0 aliphatic rings. The Morgan fingerprint density at radius 1 is 1.14 bits per heavy atom. The third-order valence-electron chi connectivity index (χ3n) is 2.94. The van der Waals surface area contributed by atoms with Crippen LogP contribution in [0.4, 0.5) is 5.69 Å². The van der Waals surface area contributed by atoms with Gasteiger partial charge in [-0.1, -0.05) is 34.1 Å². The fourth-order valence-corrected chi connectivity index (χ4v) is 2.20. The molecule has 114 valence electrons. The highest BCUT2D eigenvalue weighted by Crippen LogP contribution is 2.14. The van der Waals surface area contributed by atoms with E-state index < -0.39 is 5.97 Å². The molecular formula is C17H16BrNO3. The first-order valence-corrected chi connectivity index (χ1v) is 7.69. The van der Waals surface area contributed by atoms with Gasteiger partial charge in [-0.05, 0) is 42.8 Å². The summed E-state index contributed by atoms with van der Waals surface area (Å²) in [4.78, 5) is 23.7. The summed E-state index contributed by atoms with van der Waals surface area (Å²) in [6.07, 6.45) is 0.275. The number of amides is 1. The molecule has 0 saturated carbocycles. The van der Waals surface area contributed by atoms with E-state index in [4.69, 9.17) is 4.74 Å². The molecule has 0 spiro atoms. The van der Waals surface area contributed by atoms with Gasteiger partial charge in [-0.3, -0.25) is 4.79 Å². The van der Waals surface area contributed by atoms with Crippen LogP contribution in [0.2, 0.25) is 0 Å². The van der Waals surface area contributed by atoms with Crippen LogP contribution >= 0.6 is 15.9 Å². The zero-order valence-electron chi connectivity index (χ0n) is 12.1. The van der Waals surface area contributed by atoms with Crippen LogP contribution in [0.15, 0.2) is 53.0 Å². The summed E-state index contributed by atoms with van der Waals surface area (Å²) in [6, 6.07) is 14.3. The van der Waals surface area contributed by atoms with Crippen molar-refractivity contribution < 1.29 is 14.3 Å². The molecule has 0 heterocycles. The summed E-state index contributed by atoms with van der Waals surface area (Å²) in [5.41, 5.74) is 1.92. The first-order valence-electron chi connectivity index (χ1n) is 6.90. The molecule has 0 radical (unpaired) electrons. The van der Waals surface area contributed by atoms with Crippen LogP contribution in [0.5, 0.6) is 0 Å². The van der Waals surface area contributed by atoms with Crippen molar-refractivity contribution in [1.82, 2.24) is 0 Å². The second kappa shape index (κ2) is 7.75. The molecule has 0 fully saturated rings. The number of anilines is 1. The number of carbonyl (C=O) groups is 2. The average molecular weight is 362 g/mol. The van der Waals surface area contributed by atoms with Crippen molar-refractivity contribution >= 4 is 33.5 Å². The molecule has 1 amide bonds. The van der Waals surface area contributed by atoms with Gasteiger partial charge in [-0.2, -0.15) is 0 Å². The average Bonchev–Trinajstić information content (AvgIpc) is 2.50. The Balaban J connectivity index is 2.00. The van der Waals surface area contributed by atoms with E-state index in [1.807, 2.05) is 24.3 Å². The number of ether oxygens (including phenoxy) is 1. The van der Waals surface area contributed by atoms with E-state index in [1.54, 1.807) is 31.2 Å². The van der Waals surface area contributed by atoms with Gasteiger partial charge in [0.1, 0.15) is 0 Å². The number of benzene rings is 2. The van der Waals surface area contributed by atoms with E-state index in [0.717, 1.165) is 10.0 Å². The lowest BCUT2D eigenvalue weighted by Crippen LogP contribution is -2.15. The lowest BCUT2D eigenvalue weighted by atomic mass is 10.1. The van der Waals surface area contributed by atoms with Crippen LogP contribution in [0.1, 0.15) is 22.8 Å². The summed E-state index contributed by atoms with van der Waals surface area (Å²) < 4.78 is 5.91. The molecule has 22 heavy (non-hydrogen) atoms. The number of hydrogen-bond acceptors (Lipinski definition) is 3. The molecule has 5 heteroatoms. The largest absolute Gasteiger partial charge is 0.462 e. The fourth-order valence-electron chi connectivity index (χ4n) is 1.93.